The van der Waals surface area contributed by atoms with Gasteiger partial charge in [0.05, 0.1) is 18.1 Å². The maximum atomic E-state index is 13.0. The Bertz CT molecular complexity index is 1120. The molecule has 0 fully saturated rings. The molecular formula is C19H20ClN5O3S. The minimum Gasteiger partial charge on any atom is -0.348 e. The van der Waals surface area contributed by atoms with Crippen LogP contribution in [0, 0.1) is 0 Å². The highest BCUT2D eigenvalue weighted by molar-refractivity contribution is 7.84. The molecule has 0 spiro atoms. The van der Waals surface area contributed by atoms with Crippen molar-refractivity contribution in [2.24, 2.45) is 7.05 Å². The van der Waals surface area contributed by atoms with Gasteiger partial charge < -0.3 is 5.32 Å². The van der Waals surface area contributed by atoms with Gasteiger partial charge in [-0.15, -0.1) is 0 Å². The first-order chi connectivity index (χ1) is 13.7. The number of nitrogens with one attached hydrogen (secondary N) is 1. The highest BCUT2D eigenvalue weighted by Crippen LogP contribution is 2.20. The molecule has 0 aliphatic carbocycles. The summed E-state index contributed by atoms with van der Waals surface area (Å²) in [6.07, 6.45) is 4.68. The van der Waals surface area contributed by atoms with Gasteiger partial charge in [-0.2, -0.15) is 14.9 Å². The maximum absolute atomic E-state index is 13.0. The Morgan fingerprint density at radius 1 is 1.31 bits per heavy atom. The number of carbonyl (C=O) groups is 1. The molecule has 1 unspecified atom stereocenters. The molecule has 1 amide bonds. The Labute approximate surface area is 175 Å². The van der Waals surface area contributed by atoms with Gasteiger partial charge in [0, 0.05) is 46.5 Å². The zero-order chi connectivity index (χ0) is 21.1. The van der Waals surface area contributed by atoms with Crippen molar-refractivity contribution in [1.82, 2.24) is 24.9 Å². The standard InChI is InChI=1S/C19H20ClN5O3S/c1-12(11-29(3)28)22-18(26)16-8-17(13-4-6-14(20)7-5-13)23-25(19(16)27)15-9-21-24(2)10-15/h4-10,12H,11H2,1-3H3,(H,22,26)/t12-,29?/m0/s1. The Hall–Kier alpha value is -2.78. The molecular weight excluding hydrogens is 414 g/mol. The molecule has 2 aromatic heterocycles. The molecule has 3 aromatic rings. The molecule has 8 nitrogen and oxygen atoms in total. The Balaban J connectivity index is 2.10. The second kappa shape index (κ2) is 8.71. The highest BCUT2D eigenvalue weighted by Gasteiger charge is 2.20. The van der Waals surface area contributed by atoms with E-state index >= 15 is 0 Å². The summed E-state index contributed by atoms with van der Waals surface area (Å²) in [5.74, 6) is -0.263. The van der Waals surface area contributed by atoms with E-state index in [1.165, 1.54) is 16.9 Å². The fourth-order valence-electron chi connectivity index (χ4n) is 2.81. The lowest BCUT2D eigenvalue weighted by Crippen LogP contribution is -2.40. The zero-order valence-corrected chi connectivity index (χ0v) is 17.7. The number of benzene rings is 1. The van der Waals surface area contributed by atoms with Crippen LogP contribution in [0.15, 0.2) is 47.5 Å². The van der Waals surface area contributed by atoms with Crippen molar-refractivity contribution in [3.05, 3.63) is 63.7 Å². The quantitative estimate of drug-likeness (QED) is 0.638. The van der Waals surface area contributed by atoms with Crippen LogP contribution in [0.25, 0.3) is 16.9 Å². The van der Waals surface area contributed by atoms with Crippen LogP contribution >= 0.6 is 11.6 Å². The van der Waals surface area contributed by atoms with Crippen LogP contribution in [-0.4, -0.2) is 47.7 Å². The van der Waals surface area contributed by atoms with E-state index in [1.807, 2.05) is 0 Å². The van der Waals surface area contributed by atoms with Gasteiger partial charge in [0.15, 0.2) is 0 Å². The molecule has 0 aliphatic rings. The fraction of sp³-hybridized carbons (Fsp3) is 0.263. The number of amides is 1. The summed E-state index contributed by atoms with van der Waals surface area (Å²) in [6, 6.07) is 8.02. The molecule has 0 saturated carbocycles. The molecule has 1 aromatic carbocycles. The smallest absolute Gasteiger partial charge is 0.284 e. The molecule has 0 radical (unpaired) electrons. The van der Waals surface area contributed by atoms with E-state index in [0.29, 0.717) is 22.0 Å². The fourth-order valence-corrected chi connectivity index (χ4v) is 3.72. The number of aryl methyl sites for hydroxylation is 1. The summed E-state index contributed by atoms with van der Waals surface area (Å²) in [6.45, 7) is 1.74. The van der Waals surface area contributed by atoms with Crippen LogP contribution in [0.4, 0.5) is 0 Å². The maximum Gasteiger partial charge on any atom is 0.284 e. The lowest BCUT2D eigenvalue weighted by molar-refractivity contribution is 0.0941. The second-order valence-electron chi connectivity index (χ2n) is 6.65. The monoisotopic (exact) mass is 433 g/mol. The lowest BCUT2D eigenvalue weighted by Gasteiger charge is -2.14. The number of nitrogens with zero attached hydrogens (tertiary/aromatic N) is 4. The first-order valence-corrected chi connectivity index (χ1v) is 10.9. The summed E-state index contributed by atoms with van der Waals surface area (Å²) in [4.78, 5) is 25.8. The molecule has 2 atom stereocenters. The van der Waals surface area contributed by atoms with E-state index in [9.17, 15) is 13.8 Å². The predicted octanol–water partition coefficient (Wildman–Crippen LogP) is 1.78. The largest absolute Gasteiger partial charge is 0.348 e. The van der Waals surface area contributed by atoms with Crippen LogP contribution in [0.3, 0.4) is 0 Å². The molecule has 10 heteroatoms. The summed E-state index contributed by atoms with van der Waals surface area (Å²) in [7, 11) is 0.645. The third-order valence-electron chi connectivity index (χ3n) is 4.09. The van der Waals surface area contributed by atoms with Gasteiger partial charge in [-0.05, 0) is 25.1 Å². The van der Waals surface area contributed by atoms with Gasteiger partial charge in [-0.25, -0.2) is 0 Å². The molecule has 1 N–H and O–H groups in total. The second-order valence-corrected chi connectivity index (χ2v) is 8.57. The molecule has 3 rings (SSSR count). The average molecular weight is 434 g/mol. The van der Waals surface area contributed by atoms with E-state index in [-0.39, 0.29) is 17.4 Å². The van der Waals surface area contributed by atoms with E-state index in [4.69, 9.17) is 11.6 Å². The number of carbonyl (C=O) groups excluding carboxylic acids is 1. The Morgan fingerprint density at radius 3 is 2.59 bits per heavy atom. The average Bonchev–Trinajstić information content (AvgIpc) is 3.08. The third-order valence-corrected chi connectivity index (χ3v) is 5.32. The number of hydrogen-bond donors (Lipinski definition) is 1. The first-order valence-electron chi connectivity index (χ1n) is 8.75. The first kappa shape index (κ1) is 20.9. The van der Waals surface area contributed by atoms with Crippen molar-refractivity contribution >= 4 is 28.3 Å². The third kappa shape index (κ3) is 4.99. The van der Waals surface area contributed by atoms with Crippen molar-refractivity contribution in [2.45, 2.75) is 13.0 Å². The number of hydrogen-bond acceptors (Lipinski definition) is 5. The van der Waals surface area contributed by atoms with E-state index in [1.54, 1.807) is 50.7 Å². The van der Waals surface area contributed by atoms with Crippen LogP contribution in [0.1, 0.15) is 17.3 Å². The summed E-state index contributed by atoms with van der Waals surface area (Å²) >= 11 is 5.96. The van der Waals surface area contributed by atoms with E-state index < -0.39 is 22.3 Å². The van der Waals surface area contributed by atoms with E-state index in [0.717, 1.165) is 4.68 Å². The molecule has 0 saturated heterocycles. The molecule has 152 valence electrons. The Kier molecular flexibility index (Phi) is 6.29. The van der Waals surface area contributed by atoms with Crippen molar-refractivity contribution in [1.29, 1.82) is 0 Å². The van der Waals surface area contributed by atoms with Crippen molar-refractivity contribution in [3.8, 4) is 16.9 Å². The van der Waals surface area contributed by atoms with Crippen molar-refractivity contribution in [2.75, 3.05) is 12.0 Å². The van der Waals surface area contributed by atoms with Crippen LogP contribution in [0.5, 0.6) is 0 Å². The topological polar surface area (TPSA) is 98.9 Å². The molecule has 29 heavy (non-hydrogen) atoms. The van der Waals surface area contributed by atoms with E-state index in [2.05, 4.69) is 15.5 Å². The van der Waals surface area contributed by atoms with Gasteiger partial charge >= 0.3 is 0 Å². The van der Waals surface area contributed by atoms with Gasteiger partial charge in [-0.3, -0.25) is 18.5 Å². The minimum atomic E-state index is -1.08. The zero-order valence-electron chi connectivity index (χ0n) is 16.1. The van der Waals surface area contributed by atoms with Crippen LogP contribution in [0.2, 0.25) is 5.02 Å². The predicted molar refractivity (Wildman–Crippen MR) is 113 cm³/mol. The molecule has 0 aliphatic heterocycles. The summed E-state index contributed by atoms with van der Waals surface area (Å²) < 4.78 is 14.1. The Morgan fingerprint density at radius 2 is 2.00 bits per heavy atom. The molecule has 2 heterocycles. The SMILES string of the molecule is C[C@@H](CS(C)=O)NC(=O)c1cc(-c2ccc(Cl)cc2)nn(-c2cnn(C)c2)c1=O. The summed E-state index contributed by atoms with van der Waals surface area (Å²) in [5, 5.41) is 11.8. The van der Waals surface area contributed by atoms with Crippen LogP contribution in [-0.2, 0) is 17.8 Å². The normalized spacial score (nSPS) is 13.1. The molecule has 0 bridgehead atoms. The van der Waals surface area contributed by atoms with Crippen LogP contribution < -0.4 is 10.9 Å². The highest BCUT2D eigenvalue weighted by atomic mass is 35.5. The number of aromatic nitrogens is 4. The van der Waals surface area contributed by atoms with Gasteiger partial charge in [-0.1, -0.05) is 23.7 Å². The number of rotatable bonds is 6. The minimum absolute atomic E-state index is 0.0671. The van der Waals surface area contributed by atoms with Gasteiger partial charge in [0.1, 0.15) is 11.3 Å². The number of halogens is 1. The van der Waals surface area contributed by atoms with Gasteiger partial charge in [0.2, 0.25) is 0 Å². The van der Waals surface area contributed by atoms with Crippen molar-refractivity contribution < 1.29 is 9.00 Å². The van der Waals surface area contributed by atoms with Gasteiger partial charge in [0.25, 0.3) is 11.5 Å². The lowest BCUT2D eigenvalue weighted by atomic mass is 10.1. The van der Waals surface area contributed by atoms with Crippen molar-refractivity contribution in [3.63, 3.8) is 0 Å². The summed E-state index contributed by atoms with van der Waals surface area (Å²) in [5.41, 5.74) is 0.927.